The number of benzene rings is 1. The zero-order valence-electron chi connectivity index (χ0n) is 9.37. The Morgan fingerprint density at radius 1 is 1.29 bits per heavy atom. The maximum atomic E-state index is 11.4. The standard InChI is InChI=1S/C13H12ClNOS/c1-9(16)11-4-2-3-5-12(11)15-8-10-6-7-13(14)17-10/h2-7,15H,8H2,1H3. The third kappa shape index (κ3) is 3.08. The molecule has 0 bridgehead atoms. The Morgan fingerprint density at radius 3 is 2.71 bits per heavy atom. The summed E-state index contributed by atoms with van der Waals surface area (Å²) < 4.78 is 0.779. The molecule has 1 aromatic carbocycles. The average Bonchev–Trinajstić information content (AvgIpc) is 2.73. The van der Waals surface area contributed by atoms with Crippen molar-refractivity contribution in [1.82, 2.24) is 0 Å². The van der Waals surface area contributed by atoms with Crippen LogP contribution in [0.15, 0.2) is 36.4 Å². The van der Waals surface area contributed by atoms with Crippen LogP contribution in [0.25, 0.3) is 0 Å². The third-order valence-electron chi connectivity index (χ3n) is 2.39. The SMILES string of the molecule is CC(=O)c1ccccc1NCc1ccc(Cl)s1. The van der Waals surface area contributed by atoms with Crippen LogP contribution in [0.1, 0.15) is 22.2 Å². The minimum absolute atomic E-state index is 0.0670. The molecule has 0 atom stereocenters. The van der Waals surface area contributed by atoms with Gasteiger partial charge in [-0.25, -0.2) is 0 Å². The summed E-state index contributed by atoms with van der Waals surface area (Å²) in [5.41, 5.74) is 1.58. The first-order valence-electron chi connectivity index (χ1n) is 5.25. The predicted octanol–water partition coefficient (Wildman–Crippen LogP) is 4.22. The molecule has 0 fully saturated rings. The van der Waals surface area contributed by atoms with Crippen LogP contribution in [0.3, 0.4) is 0 Å². The number of ketones is 1. The van der Waals surface area contributed by atoms with Crippen molar-refractivity contribution < 1.29 is 4.79 Å². The van der Waals surface area contributed by atoms with E-state index >= 15 is 0 Å². The summed E-state index contributed by atoms with van der Waals surface area (Å²) in [5.74, 6) is 0.0670. The summed E-state index contributed by atoms with van der Waals surface area (Å²) in [6, 6.07) is 11.4. The van der Waals surface area contributed by atoms with E-state index in [1.54, 1.807) is 6.92 Å². The molecule has 2 nitrogen and oxygen atoms in total. The van der Waals surface area contributed by atoms with Crippen LogP contribution in [0.4, 0.5) is 5.69 Å². The Morgan fingerprint density at radius 2 is 2.06 bits per heavy atom. The summed E-state index contributed by atoms with van der Waals surface area (Å²) in [5, 5.41) is 3.26. The monoisotopic (exact) mass is 265 g/mol. The van der Waals surface area contributed by atoms with Crippen LogP contribution in [0, 0.1) is 0 Å². The smallest absolute Gasteiger partial charge is 0.161 e. The Kier molecular flexibility index (Phi) is 3.82. The summed E-state index contributed by atoms with van der Waals surface area (Å²) in [6.45, 7) is 2.25. The van der Waals surface area contributed by atoms with Gasteiger partial charge in [-0.3, -0.25) is 4.79 Å². The number of anilines is 1. The highest BCUT2D eigenvalue weighted by molar-refractivity contribution is 7.16. The predicted molar refractivity (Wildman–Crippen MR) is 73.1 cm³/mol. The van der Waals surface area contributed by atoms with Gasteiger partial charge in [-0.05, 0) is 31.2 Å². The Labute approximate surface area is 109 Å². The molecular weight excluding hydrogens is 254 g/mol. The van der Waals surface area contributed by atoms with Crippen molar-refractivity contribution in [3.05, 3.63) is 51.2 Å². The molecular formula is C13H12ClNOS. The molecule has 2 aromatic rings. The molecule has 4 heteroatoms. The molecule has 0 saturated heterocycles. The van der Waals surface area contributed by atoms with E-state index in [2.05, 4.69) is 5.32 Å². The number of carbonyl (C=O) groups excluding carboxylic acids is 1. The maximum Gasteiger partial charge on any atom is 0.161 e. The lowest BCUT2D eigenvalue weighted by Crippen LogP contribution is -2.03. The third-order valence-corrected chi connectivity index (χ3v) is 3.62. The lowest BCUT2D eigenvalue weighted by atomic mass is 10.1. The molecule has 0 unspecified atom stereocenters. The lowest BCUT2D eigenvalue weighted by Gasteiger charge is -2.08. The second-order valence-corrected chi connectivity index (χ2v) is 5.46. The van der Waals surface area contributed by atoms with Gasteiger partial charge >= 0.3 is 0 Å². The van der Waals surface area contributed by atoms with Crippen molar-refractivity contribution in [2.24, 2.45) is 0 Å². The molecule has 0 spiro atoms. The number of hydrogen-bond donors (Lipinski definition) is 1. The quantitative estimate of drug-likeness (QED) is 0.839. The van der Waals surface area contributed by atoms with Gasteiger partial charge in [0, 0.05) is 22.7 Å². The van der Waals surface area contributed by atoms with Crippen LogP contribution in [-0.2, 0) is 6.54 Å². The molecule has 88 valence electrons. The highest BCUT2D eigenvalue weighted by Crippen LogP contribution is 2.23. The minimum atomic E-state index is 0.0670. The first kappa shape index (κ1) is 12.1. The van der Waals surface area contributed by atoms with Gasteiger partial charge in [0.05, 0.1) is 4.34 Å². The fraction of sp³-hybridized carbons (Fsp3) is 0.154. The number of halogens is 1. The summed E-state index contributed by atoms with van der Waals surface area (Å²) in [4.78, 5) is 12.6. The molecule has 0 aliphatic heterocycles. The van der Waals surface area contributed by atoms with E-state index in [0.717, 1.165) is 20.5 Å². The number of rotatable bonds is 4. The normalized spacial score (nSPS) is 10.2. The van der Waals surface area contributed by atoms with Crippen LogP contribution >= 0.6 is 22.9 Å². The van der Waals surface area contributed by atoms with E-state index in [9.17, 15) is 4.79 Å². The molecule has 0 radical (unpaired) electrons. The minimum Gasteiger partial charge on any atom is -0.380 e. The van der Waals surface area contributed by atoms with Gasteiger partial charge in [-0.1, -0.05) is 23.7 Å². The fourth-order valence-corrected chi connectivity index (χ4v) is 2.60. The zero-order chi connectivity index (χ0) is 12.3. The Hall–Kier alpha value is -1.32. The van der Waals surface area contributed by atoms with Crippen LogP contribution in [-0.4, -0.2) is 5.78 Å². The number of para-hydroxylation sites is 1. The number of Topliss-reactive ketones (excluding diaryl/α,β-unsaturated/α-hetero) is 1. The molecule has 1 aromatic heterocycles. The van der Waals surface area contributed by atoms with Crippen molar-refractivity contribution in [3.63, 3.8) is 0 Å². The van der Waals surface area contributed by atoms with E-state index in [1.165, 1.54) is 11.3 Å². The van der Waals surface area contributed by atoms with Crippen LogP contribution in [0.5, 0.6) is 0 Å². The van der Waals surface area contributed by atoms with E-state index in [4.69, 9.17) is 11.6 Å². The summed E-state index contributed by atoms with van der Waals surface area (Å²) in [7, 11) is 0. The van der Waals surface area contributed by atoms with Gasteiger partial charge in [0.25, 0.3) is 0 Å². The highest BCUT2D eigenvalue weighted by atomic mass is 35.5. The number of hydrogen-bond acceptors (Lipinski definition) is 3. The Balaban J connectivity index is 2.11. The van der Waals surface area contributed by atoms with Crippen molar-refractivity contribution in [1.29, 1.82) is 0 Å². The molecule has 0 amide bonds. The van der Waals surface area contributed by atoms with Gasteiger partial charge in [0.2, 0.25) is 0 Å². The molecule has 2 rings (SSSR count). The van der Waals surface area contributed by atoms with Crippen molar-refractivity contribution in [3.8, 4) is 0 Å². The van der Waals surface area contributed by atoms with Gasteiger partial charge in [-0.2, -0.15) is 0 Å². The van der Waals surface area contributed by atoms with Gasteiger partial charge in [0.15, 0.2) is 5.78 Å². The molecule has 17 heavy (non-hydrogen) atoms. The largest absolute Gasteiger partial charge is 0.380 e. The zero-order valence-corrected chi connectivity index (χ0v) is 10.9. The van der Waals surface area contributed by atoms with Crippen LogP contribution < -0.4 is 5.32 Å². The van der Waals surface area contributed by atoms with Gasteiger partial charge < -0.3 is 5.32 Å². The topological polar surface area (TPSA) is 29.1 Å². The maximum absolute atomic E-state index is 11.4. The molecule has 0 saturated carbocycles. The lowest BCUT2D eigenvalue weighted by molar-refractivity contribution is 0.101. The number of carbonyl (C=O) groups is 1. The second-order valence-electron chi connectivity index (χ2n) is 3.66. The van der Waals surface area contributed by atoms with E-state index in [-0.39, 0.29) is 5.78 Å². The average molecular weight is 266 g/mol. The van der Waals surface area contributed by atoms with Crippen molar-refractivity contribution >= 4 is 34.4 Å². The second kappa shape index (κ2) is 5.34. The van der Waals surface area contributed by atoms with E-state index < -0.39 is 0 Å². The molecule has 0 aliphatic carbocycles. The first-order valence-corrected chi connectivity index (χ1v) is 6.44. The summed E-state index contributed by atoms with van der Waals surface area (Å²) in [6.07, 6.45) is 0. The fourth-order valence-electron chi connectivity index (χ4n) is 1.57. The summed E-state index contributed by atoms with van der Waals surface area (Å²) >= 11 is 7.40. The highest BCUT2D eigenvalue weighted by Gasteiger charge is 2.06. The number of nitrogens with one attached hydrogen (secondary N) is 1. The van der Waals surface area contributed by atoms with E-state index in [1.807, 2.05) is 36.4 Å². The van der Waals surface area contributed by atoms with Gasteiger partial charge in [0.1, 0.15) is 0 Å². The Bertz CT molecular complexity index is 536. The molecule has 0 aliphatic rings. The number of thiophene rings is 1. The molecule has 1 N–H and O–H groups in total. The van der Waals surface area contributed by atoms with Crippen molar-refractivity contribution in [2.45, 2.75) is 13.5 Å². The van der Waals surface area contributed by atoms with Crippen molar-refractivity contribution in [2.75, 3.05) is 5.32 Å². The molecule has 1 heterocycles. The van der Waals surface area contributed by atoms with Gasteiger partial charge in [-0.15, -0.1) is 11.3 Å². The first-order chi connectivity index (χ1) is 8.16. The van der Waals surface area contributed by atoms with Crippen LogP contribution in [0.2, 0.25) is 4.34 Å². The van der Waals surface area contributed by atoms with E-state index in [0.29, 0.717) is 6.54 Å².